The van der Waals surface area contributed by atoms with E-state index in [1.807, 2.05) is 6.92 Å². The lowest BCUT2D eigenvalue weighted by Crippen LogP contribution is -2.09. The average molecular weight is 165 g/mol. The van der Waals surface area contributed by atoms with Crippen molar-refractivity contribution in [3.63, 3.8) is 0 Å². The van der Waals surface area contributed by atoms with Gasteiger partial charge in [0.25, 0.3) is 0 Å². The number of hydrogen-bond acceptors (Lipinski definition) is 2. The van der Waals surface area contributed by atoms with Gasteiger partial charge in [-0.25, -0.2) is 0 Å². The molecule has 0 saturated heterocycles. The van der Waals surface area contributed by atoms with E-state index in [1.165, 1.54) is 0 Å². The van der Waals surface area contributed by atoms with Crippen LogP contribution in [-0.2, 0) is 9.53 Å². The van der Waals surface area contributed by atoms with Gasteiger partial charge in [-0.15, -0.1) is 0 Å². The number of carbonyl (C=O) groups excluding carboxylic acids is 1. The van der Waals surface area contributed by atoms with Gasteiger partial charge in [0.15, 0.2) is 0 Å². The van der Waals surface area contributed by atoms with Gasteiger partial charge < -0.3 is 4.74 Å². The number of carbonyl (C=O) groups is 1. The molecule has 60 valence electrons. The summed E-state index contributed by atoms with van der Waals surface area (Å²) in [5.41, 5.74) is 0. The van der Waals surface area contributed by atoms with Gasteiger partial charge in [0.05, 0.1) is 0 Å². The molecular weight excluding hydrogens is 152 g/mol. The molecular formula is C7H13ClO2. The van der Waals surface area contributed by atoms with Crippen LogP contribution in [-0.4, -0.2) is 19.0 Å². The Balaban J connectivity index is 3.50. The van der Waals surface area contributed by atoms with Crippen molar-refractivity contribution in [1.82, 2.24) is 0 Å². The van der Waals surface area contributed by atoms with Gasteiger partial charge in [0.1, 0.15) is 0 Å². The second-order valence-corrected chi connectivity index (χ2v) is 2.56. The van der Waals surface area contributed by atoms with E-state index in [2.05, 4.69) is 0 Å². The SMILES string of the molecule is CCC(CCOC)C(=O)Cl. The summed E-state index contributed by atoms with van der Waals surface area (Å²) in [5.74, 6) is -0.0263. The largest absolute Gasteiger partial charge is 0.385 e. The summed E-state index contributed by atoms with van der Waals surface area (Å²) in [5, 5.41) is -0.250. The zero-order valence-electron chi connectivity index (χ0n) is 6.39. The third kappa shape index (κ3) is 3.85. The Labute approximate surface area is 66.5 Å². The van der Waals surface area contributed by atoms with Crippen molar-refractivity contribution >= 4 is 16.8 Å². The molecule has 0 aliphatic carbocycles. The van der Waals surface area contributed by atoms with Gasteiger partial charge in [-0.2, -0.15) is 0 Å². The van der Waals surface area contributed by atoms with Gasteiger partial charge in [0.2, 0.25) is 5.24 Å². The summed E-state index contributed by atoms with van der Waals surface area (Å²) >= 11 is 5.29. The molecule has 1 atom stereocenters. The zero-order chi connectivity index (χ0) is 7.98. The summed E-state index contributed by atoms with van der Waals surface area (Å²) in [4.78, 5) is 10.6. The van der Waals surface area contributed by atoms with Crippen molar-refractivity contribution in [3.05, 3.63) is 0 Å². The minimum absolute atomic E-state index is 0.0263. The first kappa shape index (κ1) is 9.92. The Bertz CT molecular complexity index is 104. The van der Waals surface area contributed by atoms with Crippen LogP contribution in [0.4, 0.5) is 0 Å². The van der Waals surface area contributed by atoms with Crippen LogP contribution in [0.1, 0.15) is 19.8 Å². The maximum absolute atomic E-state index is 10.6. The third-order valence-electron chi connectivity index (χ3n) is 1.48. The highest BCUT2D eigenvalue weighted by molar-refractivity contribution is 6.63. The van der Waals surface area contributed by atoms with Crippen molar-refractivity contribution in [2.75, 3.05) is 13.7 Å². The van der Waals surface area contributed by atoms with Gasteiger partial charge in [-0.3, -0.25) is 4.79 Å². The van der Waals surface area contributed by atoms with E-state index < -0.39 is 0 Å². The standard InChI is InChI=1S/C7H13ClO2/c1-3-6(7(8)9)4-5-10-2/h6H,3-5H2,1-2H3. The van der Waals surface area contributed by atoms with Crippen LogP contribution in [0.2, 0.25) is 0 Å². The van der Waals surface area contributed by atoms with E-state index >= 15 is 0 Å². The normalized spacial score (nSPS) is 13.1. The molecule has 2 nitrogen and oxygen atoms in total. The van der Waals surface area contributed by atoms with Crippen molar-refractivity contribution in [3.8, 4) is 0 Å². The average Bonchev–Trinajstić information content (AvgIpc) is 1.89. The molecule has 0 saturated carbocycles. The second kappa shape index (κ2) is 5.69. The fourth-order valence-electron chi connectivity index (χ4n) is 0.738. The lowest BCUT2D eigenvalue weighted by molar-refractivity contribution is -0.115. The van der Waals surface area contributed by atoms with Crippen molar-refractivity contribution in [1.29, 1.82) is 0 Å². The highest BCUT2D eigenvalue weighted by Gasteiger charge is 2.12. The smallest absolute Gasteiger partial charge is 0.224 e. The molecule has 0 spiro atoms. The molecule has 0 heterocycles. The van der Waals surface area contributed by atoms with Crippen LogP contribution in [0.15, 0.2) is 0 Å². The zero-order valence-corrected chi connectivity index (χ0v) is 7.15. The molecule has 0 rings (SSSR count). The molecule has 0 N–H and O–H groups in total. The monoisotopic (exact) mass is 164 g/mol. The molecule has 0 aromatic heterocycles. The van der Waals surface area contributed by atoms with Gasteiger partial charge >= 0.3 is 0 Å². The fraction of sp³-hybridized carbons (Fsp3) is 0.857. The van der Waals surface area contributed by atoms with Gasteiger partial charge in [-0.05, 0) is 24.4 Å². The predicted octanol–water partition coefficient (Wildman–Crippen LogP) is 1.81. The maximum atomic E-state index is 10.6. The summed E-state index contributed by atoms with van der Waals surface area (Å²) in [7, 11) is 1.62. The quantitative estimate of drug-likeness (QED) is 0.580. The lowest BCUT2D eigenvalue weighted by Gasteiger charge is -2.07. The molecule has 0 aromatic carbocycles. The Morgan fingerprint density at radius 2 is 2.30 bits per heavy atom. The Morgan fingerprint density at radius 3 is 2.60 bits per heavy atom. The number of hydrogen-bond donors (Lipinski definition) is 0. The first-order valence-electron chi connectivity index (χ1n) is 3.40. The first-order chi connectivity index (χ1) is 4.72. The Morgan fingerprint density at radius 1 is 1.70 bits per heavy atom. The van der Waals surface area contributed by atoms with Gasteiger partial charge in [0, 0.05) is 19.6 Å². The maximum Gasteiger partial charge on any atom is 0.224 e. The first-order valence-corrected chi connectivity index (χ1v) is 3.78. The Hall–Kier alpha value is -0.0800. The van der Waals surface area contributed by atoms with E-state index in [-0.39, 0.29) is 11.2 Å². The molecule has 3 heteroatoms. The third-order valence-corrected chi connectivity index (χ3v) is 1.79. The lowest BCUT2D eigenvalue weighted by atomic mass is 10.1. The van der Waals surface area contributed by atoms with E-state index in [0.717, 1.165) is 12.8 Å². The van der Waals surface area contributed by atoms with Crippen LogP contribution in [0, 0.1) is 5.92 Å². The molecule has 0 aliphatic rings. The van der Waals surface area contributed by atoms with E-state index in [9.17, 15) is 4.79 Å². The molecule has 0 aromatic rings. The van der Waals surface area contributed by atoms with Crippen molar-refractivity contribution < 1.29 is 9.53 Å². The highest BCUT2D eigenvalue weighted by Crippen LogP contribution is 2.11. The number of rotatable bonds is 5. The number of halogens is 1. The van der Waals surface area contributed by atoms with Crippen molar-refractivity contribution in [2.24, 2.45) is 5.92 Å². The molecule has 0 amide bonds. The minimum Gasteiger partial charge on any atom is -0.385 e. The van der Waals surface area contributed by atoms with Crippen molar-refractivity contribution in [2.45, 2.75) is 19.8 Å². The van der Waals surface area contributed by atoms with E-state index in [0.29, 0.717) is 6.61 Å². The number of methoxy groups -OCH3 is 1. The topological polar surface area (TPSA) is 26.3 Å². The van der Waals surface area contributed by atoms with Crippen LogP contribution < -0.4 is 0 Å². The van der Waals surface area contributed by atoms with E-state index in [1.54, 1.807) is 7.11 Å². The molecule has 10 heavy (non-hydrogen) atoms. The molecule has 0 radical (unpaired) electrons. The van der Waals surface area contributed by atoms with Crippen LogP contribution in [0.25, 0.3) is 0 Å². The summed E-state index contributed by atoms with van der Waals surface area (Å²) in [6.45, 7) is 2.55. The van der Waals surface area contributed by atoms with E-state index in [4.69, 9.17) is 16.3 Å². The summed E-state index contributed by atoms with van der Waals surface area (Å²) in [6, 6.07) is 0. The molecule has 0 aliphatic heterocycles. The highest BCUT2D eigenvalue weighted by atomic mass is 35.5. The summed E-state index contributed by atoms with van der Waals surface area (Å²) < 4.78 is 4.81. The van der Waals surface area contributed by atoms with Crippen LogP contribution in [0.3, 0.4) is 0 Å². The number of ether oxygens (including phenoxy) is 1. The second-order valence-electron chi connectivity index (χ2n) is 2.19. The predicted molar refractivity (Wildman–Crippen MR) is 41.1 cm³/mol. The van der Waals surface area contributed by atoms with Crippen LogP contribution >= 0.6 is 11.6 Å². The fourth-order valence-corrected chi connectivity index (χ4v) is 1.00. The van der Waals surface area contributed by atoms with Gasteiger partial charge in [-0.1, -0.05) is 6.92 Å². The molecule has 0 fully saturated rings. The minimum atomic E-state index is -0.250. The van der Waals surface area contributed by atoms with Crippen LogP contribution in [0.5, 0.6) is 0 Å². The Kier molecular flexibility index (Phi) is 5.64. The molecule has 0 bridgehead atoms. The molecule has 1 unspecified atom stereocenters. The summed E-state index contributed by atoms with van der Waals surface area (Å²) in [6.07, 6.45) is 1.53.